The van der Waals surface area contributed by atoms with Crippen LogP contribution in [-0.2, 0) is 0 Å². The van der Waals surface area contributed by atoms with Gasteiger partial charge in [0.15, 0.2) is 5.82 Å². The summed E-state index contributed by atoms with van der Waals surface area (Å²) in [7, 11) is 0. The van der Waals surface area contributed by atoms with Gasteiger partial charge in [0, 0.05) is 29.2 Å². The quantitative estimate of drug-likeness (QED) is 0.682. The van der Waals surface area contributed by atoms with Crippen molar-refractivity contribution in [2.24, 2.45) is 0 Å². The molecule has 0 saturated carbocycles. The molecular formula is C17H19N5OS. The van der Waals surface area contributed by atoms with Crippen molar-refractivity contribution >= 4 is 23.1 Å². The van der Waals surface area contributed by atoms with Crippen LogP contribution in [0.1, 0.15) is 29.4 Å². The van der Waals surface area contributed by atoms with E-state index in [-0.39, 0.29) is 5.91 Å². The van der Waals surface area contributed by atoms with Gasteiger partial charge in [-0.15, -0.1) is 0 Å². The fourth-order valence-electron chi connectivity index (χ4n) is 3.12. The number of aromatic amines is 1. The zero-order valence-electron chi connectivity index (χ0n) is 13.2. The highest BCUT2D eigenvalue weighted by Gasteiger charge is 2.20. The summed E-state index contributed by atoms with van der Waals surface area (Å²) < 4.78 is 2.09. The average Bonchev–Trinajstić information content (AvgIpc) is 3.36. The molecule has 1 fully saturated rings. The molecular weight excluding hydrogens is 322 g/mol. The lowest BCUT2D eigenvalue weighted by molar-refractivity contribution is 0.101. The van der Waals surface area contributed by atoms with Crippen LogP contribution in [0, 0.1) is 0 Å². The summed E-state index contributed by atoms with van der Waals surface area (Å²) in [4.78, 5) is 12.6. The number of hydrogen-bond acceptors (Lipinski definition) is 4. The van der Waals surface area contributed by atoms with Crippen LogP contribution in [0.15, 0.2) is 41.2 Å². The molecule has 24 heavy (non-hydrogen) atoms. The Kier molecular flexibility index (Phi) is 4.18. The van der Waals surface area contributed by atoms with Crippen molar-refractivity contribution in [2.75, 3.05) is 18.4 Å². The number of H-pyrrole nitrogens is 1. The lowest BCUT2D eigenvalue weighted by atomic mass is 10.1. The molecule has 1 saturated heterocycles. The molecule has 1 amide bonds. The number of aromatic nitrogens is 3. The number of rotatable bonds is 4. The lowest BCUT2D eigenvalue weighted by Crippen LogP contribution is -2.31. The molecule has 1 aliphatic heterocycles. The van der Waals surface area contributed by atoms with Gasteiger partial charge < -0.3 is 15.2 Å². The maximum atomic E-state index is 12.6. The Balaban J connectivity index is 1.50. The van der Waals surface area contributed by atoms with E-state index in [1.807, 2.05) is 41.2 Å². The van der Waals surface area contributed by atoms with Gasteiger partial charge in [-0.2, -0.15) is 16.4 Å². The Bertz CT molecular complexity index is 814. The number of nitrogens with zero attached hydrogens (tertiary/aromatic N) is 2. The lowest BCUT2D eigenvalue weighted by Gasteiger charge is -2.25. The van der Waals surface area contributed by atoms with Crippen LogP contribution in [0.2, 0.25) is 0 Å². The fraction of sp³-hybridized carbons (Fsp3) is 0.294. The van der Waals surface area contributed by atoms with Crippen molar-refractivity contribution in [1.82, 2.24) is 20.1 Å². The Morgan fingerprint density at radius 1 is 1.33 bits per heavy atom. The molecule has 124 valence electrons. The molecule has 3 aromatic rings. The number of amides is 1. The summed E-state index contributed by atoms with van der Waals surface area (Å²) in [6.07, 6.45) is 4.07. The van der Waals surface area contributed by atoms with Gasteiger partial charge in [0.05, 0.1) is 5.69 Å². The second-order valence-electron chi connectivity index (χ2n) is 5.91. The monoisotopic (exact) mass is 341 g/mol. The number of thiophene rings is 1. The predicted molar refractivity (Wildman–Crippen MR) is 95.4 cm³/mol. The van der Waals surface area contributed by atoms with Crippen molar-refractivity contribution in [3.05, 3.63) is 46.9 Å². The van der Waals surface area contributed by atoms with Crippen LogP contribution in [0.25, 0.3) is 11.3 Å². The van der Waals surface area contributed by atoms with Crippen molar-refractivity contribution in [2.45, 2.75) is 18.9 Å². The van der Waals surface area contributed by atoms with Crippen LogP contribution in [-0.4, -0.2) is 33.8 Å². The number of nitrogens with one attached hydrogen (secondary N) is 3. The topological polar surface area (TPSA) is 74.7 Å². The summed E-state index contributed by atoms with van der Waals surface area (Å²) >= 11 is 1.63. The number of anilines is 1. The van der Waals surface area contributed by atoms with Crippen LogP contribution in [0.4, 0.5) is 5.82 Å². The van der Waals surface area contributed by atoms with Crippen molar-refractivity contribution in [1.29, 1.82) is 0 Å². The van der Waals surface area contributed by atoms with Gasteiger partial charge in [-0.25, -0.2) is 0 Å². The summed E-state index contributed by atoms with van der Waals surface area (Å²) in [6.45, 7) is 1.99. The van der Waals surface area contributed by atoms with Gasteiger partial charge in [0.1, 0.15) is 5.69 Å². The van der Waals surface area contributed by atoms with Gasteiger partial charge in [0.2, 0.25) is 0 Å². The molecule has 7 heteroatoms. The summed E-state index contributed by atoms with van der Waals surface area (Å²) in [5.74, 6) is 0.418. The molecule has 3 aromatic heterocycles. The van der Waals surface area contributed by atoms with Gasteiger partial charge in [0.25, 0.3) is 5.91 Å². The smallest absolute Gasteiger partial charge is 0.273 e. The third-order valence-corrected chi connectivity index (χ3v) is 5.05. The van der Waals surface area contributed by atoms with Gasteiger partial charge >= 0.3 is 0 Å². The van der Waals surface area contributed by atoms with Crippen LogP contribution >= 0.6 is 11.3 Å². The van der Waals surface area contributed by atoms with Gasteiger partial charge in [-0.1, -0.05) is 0 Å². The number of carbonyl (C=O) groups excluding carboxylic acids is 1. The first-order chi connectivity index (χ1) is 11.8. The third-order valence-electron chi connectivity index (χ3n) is 4.37. The van der Waals surface area contributed by atoms with E-state index >= 15 is 0 Å². The van der Waals surface area contributed by atoms with E-state index in [1.165, 1.54) is 0 Å². The van der Waals surface area contributed by atoms with Crippen molar-refractivity contribution in [3.8, 4) is 11.3 Å². The molecule has 4 heterocycles. The molecule has 3 N–H and O–H groups in total. The van der Waals surface area contributed by atoms with E-state index in [9.17, 15) is 4.79 Å². The molecule has 6 nitrogen and oxygen atoms in total. The first-order valence-electron chi connectivity index (χ1n) is 8.08. The van der Waals surface area contributed by atoms with E-state index in [1.54, 1.807) is 11.3 Å². The summed E-state index contributed by atoms with van der Waals surface area (Å²) in [5.41, 5.74) is 2.66. The second kappa shape index (κ2) is 6.62. The third kappa shape index (κ3) is 3.00. The van der Waals surface area contributed by atoms with Crippen LogP contribution in [0.5, 0.6) is 0 Å². The van der Waals surface area contributed by atoms with Crippen molar-refractivity contribution < 1.29 is 4.79 Å². The first-order valence-corrected chi connectivity index (χ1v) is 9.02. The minimum absolute atomic E-state index is 0.123. The van der Waals surface area contributed by atoms with Crippen molar-refractivity contribution in [3.63, 3.8) is 0 Å². The SMILES string of the molecule is O=C(Nc1cc(-c2ccsc2)[nH]n1)c1cccn1C1CCNCC1. The highest BCUT2D eigenvalue weighted by molar-refractivity contribution is 7.08. The zero-order valence-corrected chi connectivity index (χ0v) is 14.0. The average molecular weight is 341 g/mol. The molecule has 0 radical (unpaired) electrons. The Labute approximate surface area is 143 Å². The normalized spacial score (nSPS) is 15.5. The minimum atomic E-state index is -0.123. The highest BCUT2D eigenvalue weighted by Crippen LogP contribution is 2.24. The number of carbonyl (C=O) groups is 1. The number of piperidine rings is 1. The fourth-order valence-corrected chi connectivity index (χ4v) is 3.78. The largest absolute Gasteiger partial charge is 0.340 e. The molecule has 0 unspecified atom stereocenters. The Morgan fingerprint density at radius 2 is 2.21 bits per heavy atom. The predicted octanol–water partition coefficient (Wildman–Crippen LogP) is 3.12. The van der Waals surface area contributed by atoms with E-state index in [2.05, 4.69) is 25.4 Å². The number of hydrogen-bond donors (Lipinski definition) is 3. The molecule has 0 spiro atoms. The van der Waals surface area contributed by atoms with E-state index in [4.69, 9.17) is 0 Å². The maximum absolute atomic E-state index is 12.6. The van der Waals surface area contributed by atoms with E-state index in [0.717, 1.165) is 37.2 Å². The van der Waals surface area contributed by atoms with Gasteiger partial charge in [-0.3, -0.25) is 9.89 Å². The molecule has 0 atom stereocenters. The van der Waals surface area contributed by atoms with Gasteiger partial charge in [-0.05, 0) is 49.5 Å². The molecule has 0 aromatic carbocycles. The molecule has 4 rings (SSSR count). The molecule has 0 bridgehead atoms. The summed E-state index contributed by atoms with van der Waals surface area (Å²) in [6, 6.07) is 8.05. The summed E-state index contributed by atoms with van der Waals surface area (Å²) in [5, 5.41) is 17.5. The molecule has 1 aliphatic rings. The van der Waals surface area contributed by atoms with E-state index < -0.39 is 0 Å². The first kappa shape index (κ1) is 15.2. The molecule has 0 aliphatic carbocycles. The highest BCUT2D eigenvalue weighted by atomic mass is 32.1. The Morgan fingerprint density at radius 3 is 3.00 bits per heavy atom. The maximum Gasteiger partial charge on any atom is 0.273 e. The second-order valence-corrected chi connectivity index (χ2v) is 6.69. The standard InChI is InChI=1S/C17H19N5OS/c23-17(15-2-1-8-22(15)13-3-6-18-7-4-13)19-16-10-14(20-21-16)12-5-9-24-11-12/h1-2,5,8-11,13,18H,3-4,6-7H2,(H2,19,20,21,23). The minimum Gasteiger partial charge on any atom is -0.340 e. The zero-order chi connectivity index (χ0) is 16.4. The van der Waals surface area contributed by atoms with Crippen LogP contribution in [0.3, 0.4) is 0 Å². The Hall–Kier alpha value is -2.38. The van der Waals surface area contributed by atoms with Crippen LogP contribution < -0.4 is 10.6 Å². The van der Waals surface area contributed by atoms with E-state index in [0.29, 0.717) is 17.6 Å².